The van der Waals surface area contributed by atoms with Crippen molar-refractivity contribution >= 4 is 19.7 Å². The van der Waals surface area contributed by atoms with Crippen molar-refractivity contribution in [3.63, 3.8) is 0 Å². The molecular weight excluding hydrogens is 228 g/mol. The third kappa shape index (κ3) is 1.61. The highest BCUT2D eigenvalue weighted by atomic mass is 35.7. The molecule has 0 unspecified atom stereocenters. The fourth-order valence-corrected chi connectivity index (χ4v) is 2.85. The average Bonchev–Trinajstić information content (AvgIpc) is 2.71. The maximum absolute atomic E-state index is 11.2. The van der Waals surface area contributed by atoms with Gasteiger partial charge < -0.3 is 0 Å². The van der Waals surface area contributed by atoms with Crippen molar-refractivity contribution in [3.8, 4) is 0 Å². The van der Waals surface area contributed by atoms with Gasteiger partial charge in [-0.05, 0) is 18.1 Å². The molecule has 0 atom stereocenters. The molecule has 78 valence electrons. The molecule has 14 heavy (non-hydrogen) atoms. The second-order valence-corrected chi connectivity index (χ2v) is 6.45. The van der Waals surface area contributed by atoms with E-state index in [1.807, 2.05) is 0 Å². The molecule has 1 aliphatic carbocycles. The van der Waals surface area contributed by atoms with Crippen molar-refractivity contribution in [3.05, 3.63) is 5.82 Å². The van der Waals surface area contributed by atoms with Crippen LogP contribution in [0.5, 0.6) is 0 Å². The van der Waals surface area contributed by atoms with Crippen LogP contribution >= 0.6 is 10.7 Å². The van der Waals surface area contributed by atoms with Crippen molar-refractivity contribution in [2.24, 2.45) is 7.05 Å². The Bertz CT molecular complexity index is 450. The Balaban J connectivity index is 2.20. The van der Waals surface area contributed by atoms with E-state index in [-0.39, 0.29) is 6.42 Å². The zero-order valence-electron chi connectivity index (χ0n) is 7.51. The third-order valence-corrected chi connectivity index (χ3v) is 4.92. The number of hydrogen-bond acceptors (Lipinski definition) is 5. The van der Waals surface area contributed by atoms with Crippen molar-refractivity contribution in [2.75, 3.05) is 0 Å². The minimum Gasteiger partial charge on any atom is -0.212 e. The molecule has 0 amide bonds. The van der Waals surface area contributed by atoms with E-state index in [2.05, 4.69) is 15.4 Å². The topological polar surface area (TPSA) is 77.7 Å². The van der Waals surface area contributed by atoms with E-state index in [1.165, 1.54) is 4.80 Å². The molecule has 1 heterocycles. The van der Waals surface area contributed by atoms with Crippen LogP contribution in [-0.4, -0.2) is 33.4 Å². The van der Waals surface area contributed by atoms with E-state index in [1.54, 1.807) is 7.05 Å². The van der Waals surface area contributed by atoms with Crippen LogP contribution in [-0.2, 0) is 22.5 Å². The number of hydrogen-bond donors (Lipinski definition) is 0. The Kier molecular flexibility index (Phi) is 2.04. The quantitative estimate of drug-likeness (QED) is 0.683. The first-order valence-electron chi connectivity index (χ1n) is 4.10. The highest BCUT2D eigenvalue weighted by Crippen LogP contribution is 2.47. The second kappa shape index (κ2) is 2.90. The Morgan fingerprint density at radius 2 is 2.21 bits per heavy atom. The largest absolute Gasteiger partial charge is 0.238 e. The summed E-state index contributed by atoms with van der Waals surface area (Å²) in [7, 11) is 3.44. The molecule has 0 spiro atoms. The SMILES string of the molecule is Cn1nnc(CC2(S(=O)(=O)Cl)CC2)n1. The molecule has 0 N–H and O–H groups in total. The number of rotatable bonds is 3. The molecule has 2 rings (SSSR count). The van der Waals surface area contributed by atoms with Crippen LogP contribution in [0.4, 0.5) is 0 Å². The molecule has 1 saturated carbocycles. The Morgan fingerprint density at radius 1 is 1.57 bits per heavy atom. The Labute approximate surface area is 85.7 Å². The monoisotopic (exact) mass is 236 g/mol. The van der Waals surface area contributed by atoms with Gasteiger partial charge in [0.25, 0.3) is 0 Å². The average molecular weight is 237 g/mol. The standard InChI is InChI=1S/C6H9ClN4O2S/c1-11-9-5(8-10-11)4-6(2-3-6)14(7,12)13/h2-4H2,1H3. The van der Waals surface area contributed by atoms with Gasteiger partial charge >= 0.3 is 0 Å². The molecular formula is C6H9ClN4O2S. The van der Waals surface area contributed by atoms with Gasteiger partial charge in [-0.1, -0.05) is 0 Å². The van der Waals surface area contributed by atoms with Gasteiger partial charge in [0.2, 0.25) is 9.05 Å². The van der Waals surface area contributed by atoms with E-state index >= 15 is 0 Å². The molecule has 0 bridgehead atoms. The number of aryl methyl sites for hydroxylation is 1. The first kappa shape index (κ1) is 9.85. The number of aromatic nitrogens is 4. The number of tetrazole rings is 1. The number of nitrogens with zero attached hydrogens (tertiary/aromatic N) is 4. The van der Waals surface area contributed by atoms with Gasteiger partial charge in [0.1, 0.15) is 0 Å². The van der Waals surface area contributed by atoms with E-state index in [4.69, 9.17) is 10.7 Å². The third-order valence-electron chi connectivity index (χ3n) is 2.35. The maximum Gasteiger partial charge on any atom is 0.238 e. The molecule has 1 aromatic rings. The molecule has 0 saturated heterocycles. The van der Waals surface area contributed by atoms with Crippen molar-refractivity contribution in [1.29, 1.82) is 0 Å². The summed E-state index contributed by atoms with van der Waals surface area (Å²) in [5.74, 6) is 0.425. The summed E-state index contributed by atoms with van der Waals surface area (Å²) < 4.78 is 21.6. The van der Waals surface area contributed by atoms with Gasteiger partial charge in [-0.2, -0.15) is 4.80 Å². The van der Waals surface area contributed by atoms with Crippen LogP contribution in [0.2, 0.25) is 0 Å². The van der Waals surface area contributed by atoms with Crippen LogP contribution in [0.1, 0.15) is 18.7 Å². The summed E-state index contributed by atoms with van der Waals surface area (Å²) in [6.45, 7) is 0. The van der Waals surface area contributed by atoms with Crippen LogP contribution in [0.25, 0.3) is 0 Å². The molecule has 1 fully saturated rings. The zero-order chi connectivity index (χ0) is 10.4. The van der Waals surface area contributed by atoms with Crippen LogP contribution in [0.15, 0.2) is 0 Å². The summed E-state index contributed by atoms with van der Waals surface area (Å²) in [4.78, 5) is 1.30. The molecule has 6 nitrogen and oxygen atoms in total. The summed E-state index contributed by atoms with van der Waals surface area (Å²) in [5.41, 5.74) is 0. The molecule has 8 heteroatoms. The summed E-state index contributed by atoms with van der Waals surface area (Å²) in [6.07, 6.45) is 1.42. The van der Waals surface area contributed by atoms with Gasteiger partial charge in [0.15, 0.2) is 5.82 Å². The van der Waals surface area contributed by atoms with E-state index in [0.29, 0.717) is 18.7 Å². The summed E-state index contributed by atoms with van der Waals surface area (Å²) >= 11 is 0. The Hall–Kier alpha value is -0.690. The predicted molar refractivity (Wildman–Crippen MR) is 49.2 cm³/mol. The first-order chi connectivity index (χ1) is 6.43. The lowest BCUT2D eigenvalue weighted by atomic mass is 10.3. The van der Waals surface area contributed by atoms with Crippen molar-refractivity contribution < 1.29 is 8.42 Å². The van der Waals surface area contributed by atoms with Crippen molar-refractivity contribution in [1.82, 2.24) is 20.2 Å². The summed E-state index contributed by atoms with van der Waals surface area (Å²) in [6, 6.07) is 0. The van der Waals surface area contributed by atoms with Crippen LogP contribution < -0.4 is 0 Å². The van der Waals surface area contributed by atoms with Crippen LogP contribution in [0, 0.1) is 0 Å². The zero-order valence-corrected chi connectivity index (χ0v) is 9.09. The van der Waals surface area contributed by atoms with Gasteiger partial charge in [-0.3, -0.25) is 0 Å². The predicted octanol–water partition coefficient (Wildman–Crippen LogP) is -0.146. The summed E-state index contributed by atoms with van der Waals surface area (Å²) in [5, 5.41) is 11.3. The molecule has 0 aliphatic heterocycles. The smallest absolute Gasteiger partial charge is 0.212 e. The molecule has 0 aromatic carbocycles. The minimum atomic E-state index is -3.53. The minimum absolute atomic E-state index is 0.257. The lowest BCUT2D eigenvalue weighted by Gasteiger charge is -2.06. The van der Waals surface area contributed by atoms with Gasteiger partial charge in [0, 0.05) is 17.1 Å². The fraction of sp³-hybridized carbons (Fsp3) is 0.833. The number of halogens is 1. The van der Waals surface area contributed by atoms with E-state index in [9.17, 15) is 8.42 Å². The second-order valence-electron chi connectivity index (χ2n) is 3.49. The highest BCUT2D eigenvalue weighted by molar-refractivity contribution is 8.15. The lowest BCUT2D eigenvalue weighted by Crippen LogP contribution is -2.21. The van der Waals surface area contributed by atoms with E-state index < -0.39 is 13.8 Å². The highest BCUT2D eigenvalue weighted by Gasteiger charge is 2.54. The molecule has 1 aromatic heterocycles. The fourth-order valence-electron chi connectivity index (χ4n) is 1.33. The van der Waals surface area contributed by atoms with Gasteiger partial charge in [-0.25, -0.2) is 8.42 Å². The van der Waals surface area contributed by atoms with Gasteiger partial charge in [0.05, 0.1) is 11.8 Å². The Morgan fingerprint density at radius 3 is 2.57 bits per heavy atom. The normalized spacial score (nSPS) is 19.6. The lowest BCUT2D eigenvalue weighted by molar-refractivity contribution is 0.586. The van der Waals surface area contributed by atoms with Gasteiger partial charge in [-0.15, -0.1) is 10.2 Å². The first-order valence-corrected chi connectivity index (χ1v) is 6.41. The van der Waals surface area contributed by atoms with Crippen LogP contribution in [0.3, 0.4) is 0 Å². The molecule has 0 radical (unpaired) electrons. The van der Waals surface area contributed by atoms with E-state index in [0.717, 1.165) is 0 Å². The van der Waals surface area contributed by atoms with Crippen molar-refractivity contribution in [2.45, 2.75) is 24.0 Å². The molecule has 1 aliphatic rings. The maximum atomic E-state index is 11.2.